The number of rotatable bonds is 7. The topological polar surface area (TPSA) is 84.1 Å². The Balaban J connectivity index is 1.77. The maximum absolute atomic E-state index is 14.1. The number of aromatic nitrogens is 2. The maximum atomic E-state index is 14.1. The van der Waals surface area contributed by atoms with Crippen molar-refractivity contribution in [1.29, 1.82) is 0 Å². The van der Waals surface area contributed by atoms with E-state index in [0.29, 0.717) is 37.7 Å². The Morgan fingerprint density at radius 2 is 1.92 bits per heavy atom. The van der Waals surface area contributed by atoms with E-state index in [9.17, 15) is 9.59 Å². The van der Waals surface area contributed by atoms with Crippen molar-refractivity contribution in [3.8, 4) is 11.5 Å². The third-order valence-corrected chi connectivity index (χ3v) is 7.85. The van der Waals surface area contributed by atoms with E-state index in [-0.39, 0.29) is 18.2 Å². The van der Waals surface area contributed by atoms with Crippen LogP contribution in [0.15, 0.2) is 69.7 Å². The lowest BCUT2D eigenvalue weighted by atomic mass is 9.95. The molecule has 4 aromatic rings. The van der Waals surface area contributed by atoms with Crippen molar-refractivity contribution >= 4 is 34.3 Å². The summed E-state index contributed by atoms with van der Waals surface area (Å²) >= 11 is 1.30. The van der Waals surface area contributed by atoms with Crippen molar-refractivity contribution < 1.29 is 19.0 Å². The molecule has 0 amide bonds. The van der Waals surface area contributed by atoms with E-state index in [1.165, 1.54) is 11.3 Å². The molecule has 9 heteroatoms. The molecule has 2 aromatic heterocycles. The number of fused-ring (bicyclic) bond motifs is 2. The van der Waals surface area contributed by atoms with Gasteiger partial charge in [0.05, 0.1) is 36.6 Å². The van der Waals surface area contributed by atoms with Crippen LogP contribution in [0.4, 0.5) is 0 Å². The highest BCUT2D eigenvalue weighted by Crippen LogP contribution is 2.37. The standard InChI is InChI=1S/C30H31N3O5S/c1-7-38-29(35)26-18(4)31-30-33(27(26)22-13-12-20(36-5)15-24(22)37-6)28(34)25(39-30)14-19-16-32(17(2)3)23-11-9-8-10-21(19)23/h8-17,27H,7H2,1-6H3/b25-14-/t27-/m1/s1. The van der Waals surface area contributed by atoms with Crippen LogP contribution in [0.1, 0.15) is 50.9 Å². The molecular formula is C30H31N3O5S. The number of hydrogen-bond donors (Lipinski definition) is 0. The van der Waals surface area contributed by atoms with Crippen LogP contribution in [0.2, 0.25) is 0 Å². The molecule has 0 saturated heterocycles. The Kier molecular flexibility index (Phi) is 7.18. The van der Waals surface area contributed by atoms with Gasteiger partial charge in [-0.05, 0) is 52.0 Å². The summed E-state index contributed by atoms with van der Waals surface area (Å²) in [5.41, 5.74) is 3.26. The molecule has 0 spiro atoms. The molecule has 0 bridgehead atoms. The Bertz CT molecular complexity index is 1790. The molecule has 1 aliphatic heterocycles. The number of carbonyl (C=O) groups excluding carboxylic acids is 1. The van der Waals surface area contributed by atoms with E-state index in [0.717, 1.165) is 16.5 Å². The summed E-state index contributed by atoms with van der Waals surface area (Å²) in [4.78, 5) is 32.5. The van der Waals surface area contributed by atoms with Gasteiger partial charge in [-0.3, -0.25) is 9.36 Å². The van der Waals surface area contributed by atoms with E-state index in [4.69, 9.17) is 14.2 Å². The van der Waals surface area contributed by atoms with E-state index in [2.05, 4.69) is 41.7 Å². The average Bonchev–Trinajstić information content (AvgIpc) is 3.45. The van der Waals surface area contributed by atoms with Gasteiger partial charge in [-0.1, -0.05) is 29.5 Å². The summed E-state index contributed by atoms with van der Waals surface area (Å²) in [7, 11) is 3.12. The SMILES string of the molecule is CCOC(=O)C1=C(C)N=c2s/c(=C\c3cn(C(C)C)c4ccccc34)c(=O)n2[C@@H]1c1ccc(OC)cc1OC. The van der Waals surface area contributed by atoms with Crippen molar-refractivity contribution in [2.75, 3.05) is 20.8 Å². The number of esters is 1. The predicted molar refractivity (Wildman–Crippen MR) is 152 cm³/mol. The molecule has 1 atom stereocenters. The molecule has 0 fully saturated rings. The van der Waals surface area contributed by atoms with Crippen LogP contribution in [0.25, 0.3) is 17.0 Å². The summed E-state index contributed by atoms with van der Waals surface area (Å²) < 4.78 is 20.8. The van der Waals surface area contributed by atoms with E-state index in [1.807, 2.05) is 24.3 Å². The van der Waals surface area contributed by atoms with Crippen molar-refractivity contribution in [2.24, 2.45) is 4.99 Å². The van der Waals surface area contributed by atoms with Crippen LogP contribution in [0.3, 0.4) is 0 Å². The van der Waals surface area contributed by atoms with E-state index in [1.54, 1.807) is 44.8 Å². The van der Waals surface area contributed by atoms with Gasteiger partial charge in [0, 0.05) is 40.3 Å². The van der Waals surface area contributed by atoms with E-state index < -0.39 is 12.0 Å². The van der Waals surface area contributed by atoms with Crippen LogP contribution in [-0.4, -0.2) is 35.9 Å². The first-order chi connectivity index (χ1) is 18.8. The van der Waals surface area contributed by atoms with Crippen molar-refractivity contribution in [2.45, 2.75) is 39.8 Å². The van der Waals surface area contributed by atoms with E-state index >= 15 is 0 Å². The van der Waals surface area contributed by atoms with Crippen LogP contribution >= 0.6 is 11.3 Å². The molecule has 5 rings (SSSR count). The van der Waals surface area contributed by atoms with Crippen molar-refractivity contribution in [1.82, 2.24) is 9.13 Å². The zero-order chi connectivity index (χ0) is 27.8. The Morgan fingerprint density at radius 3 is 2.62 bits per heavy atom. The van der Waals surface area contributed by atoms with Gasteiger partial charge in [0.15, 0.2) is 4.80 Å². The molecule has 8 nitrogen and oxygen atoms in total. The molecule has 0 unspecified atom stereocenters. The zero-order valence-electron chi connectivity index (χ0n) is 22.8. The fraction of sp³-hybridized carbons (Fsp3) is 0.300. The van der Waals surface area contributed by atoms with Gasteiger partial charge >= 0.3 is 5.97 Å². The molecule has 3 heterocycles. The second-order valence-corrected chi connectivity index (χ2v) is 10.5. The molecule has 2 aromatic carbocycles. The van der Waals surface area contributed by atoms with Gasteiger partial charge in [-0.15, -0.1) is 0 Å². The lowest BCUT2D eigenvalue weighted by molar-refractivity contribution is -0.139. The summed E-state index contributed by atoms with van der Waals surface area (Å²) in [6.45, 7) is 7.98. The first kappa shape index (κ1) is 26.5. The van der Waals surface area contributed by atoms with Crippen molar-refractivity contribution in [3.05, 3.63) is 90.7 Å². The van der Waals surface area contributed by atoms with Gasteiger partial charge in [0.1, 0.15) is 17.5 Å². The number of thiazole rings is 1. The summed E-state index contributed by atoms with van der Waals surface area (Å²) in [6, 6.07) is 13.0. The van der Waals surface area contributed by atoms with Gasteiger partial charge in [-0.25, -0.2) is 9.79 Å². The van der Waals surface area contributed by atoms with Gasteiger partial charge < -0.3 is 18.8 Å². The maximum Gasteiger partial charge on any atom is 0.338 e. The minimum Gasteiger partial charge on any atom is -0.497 e. The van der Waals surface area contributed by atoms with Crippen LogP contribution in [0.5, 0.6) is 11.5 Å². The third-order valence-electron chi connectivity index (χ3n) is 6.87. The number of methoxy groups -OCH3 is 2. The molecular weight excluding hydrogens is 514 g/mol. The lowest BCUT2D eigenvalue weighted by Gasteiger charge is -2.26. The fourth-order valence-corrected chi connectivity index (χ4v) is 6.08. The highest BCUT2D eigenvalue weighted by Gasteiger charge is 2.35. The molecule has 1 aliphatic rings. The predicted octanol–water partition coefficient (Wildman–Crippen LogP) is 4.35. The smallest absolute Gasteiger partial charge is 0.338 e. The second kappa shape index (κ2) is 10.6. The van der Waals surface area contributed by atoms with Crippen LogP contribution in [-0.2, 0) is 9.53 Å². The molecule has 0 N–H and O–H groups in total. The molecule has 202 valence electrons. The Morgan fingerprint density at radius 1 is 1.15 bits per heavy atom. The number of para-hydroxylation sites is 1. The highest BCUT2D eigenvalue weighted by molar-refractivity contribution is 7.07. The lowest BCUT2D eigenvalue weighted by Crippen LogP contribution is -2.40. The molecule has 39 heavy (non-hydrogen) atoms. The minimum absolute atomic E-state index is 0.201. The Hall–Kier alpha value is -4.11. The summed E-state index contributed by atoms with van der Waals surface area (Å²) in [5, 5.41) is 1.06. The van der Waals surface area contributed by atoms with Gasteiger partial charge in [0.25, 0.3) is 5.56 Å². The minimum atomic E-state index is -0.777. The van der Waals surface area contributed by atoms with Crippen LogP contribution in [0, 0.1) is 0 Å². The van der Waals surface area contributed by atoms with Gasteiger partial charge in [-0.2, -0.15) is 0 Å². The number of carbonyl (C=O) groups is 1. The molecule has 0 saturated carbocycles. The fourth-order valence-electron chi connectivity index (χ4n) is 5.05. The third kappa shape index (κ3) is 4.57. The normalized spacial score (nSPS) is 15.5. The molecule has 0 aliphatic carbocycles. The number of benzene rings is 2. The van der Waals surface area contributed by atoms with Crippen molar-refractivity contribution in [3.63, 3.8) is 0 Å². The summed E-state index contributed by atoms with van der Waals surface area (Å²) in [6.07, 6.45) is 3.99. The average molecular weight is 546 g/mol. The molecule has 0 radical (unpaired) electrons. The van der Waals surface area contributed by atoms with Gasteiger partial charge in [0.2, 0.25) is 0 Å². The first-order valence-corrected chi connectivity index (χ1v) is 13.6. The number of nitrogens with zero attached hydrogens (tertiary/aromatic N) is 3. The quantitative estimate of drug-likeness (QED) is 0.323. The Labute approximate surface area is 230 Å². The summed E-state index contributed by atoms with van der Waals surface area (Å²) in [5.74, 6) is 0.573. The number of hydrogen-bond acceptors (Lipinski definition) is 7. The first-order valence-electron chi connectivity index (χ1n) is 12.8. The zero-order valence-corrected chi connectivity index (χ0v) is 23.7. The number of allylic oxidation sites excluding steroid dienone is 1. The second-order valence-electron chi connectivity index (χ2n) is 9.51. The number of ether oxygens (including phenoxy) is 3. The van der Waals surface area contributed by atoms with Crippen LogP contribution < -0.4 is 24.4 Å². The highest BCUT2D eigenvalue weighted by atomic mass is 32.1. The monoisotopic (exact) mass is 545 g/mol. The largest absolute Gasteiger partial charge is 0.497 e.